The lowest BCUT2D eigenvalue weighted by Gasteiger charge is -2.34. The number of nitrogens with zero attached hydrogens (tertiary/aromatic N) is 2. The van der Waals surface area contributed by atoms with E-state index in [1.165, 1.54) is 0 Å². The Morgan fingerprint density at radius 3 is 3.04 bits per heavy atom. The number of nitrogens with one attached hydrogen (secondary N) is 1. The average molecular weight is 341 g/mol. The van der Waals surface area contributed by atoms with Crippen molar-refractivity contribution in [2.75, 3.05) is 18.5 Å². The number of aromatic nitrogens is 2. The maximum absolute atomic E-state index is 12.4. The van der Waals surface area contributed by atoms with E-state index in [2.05, 4.69) is 15.5 Å². The highest BCUT2D eigenvalue weighted by Gasteiger charge is 2.38. The number of carbonyl (C=O) groups is 1. The molecule has 25 heavy (non-hydrogen) atoms. The summed E-state index contributed by atoms with van der Waals surface area (Å²) in [5, 5.41) is 12.9. The monoisotopic (exact) mass is 341 g/mol. The molecule has 0 bridgehead atoms. The number of fused-ring (bicyclic) bond motifs is 2. The lowest BCUT2D eigenvalue weighted by molar-refractivity contribution is 0.0519. The van der Waals surface area contributed by atoms with Crippen LogP contribution in [0.15, 0.2) is 24.3 Å². The second-order valence-corrected chi connectivity index (χ2v) is 6.70. The molecule has 1 aromatic carbocycles. The molecular formula is C19H23N3O3. The summed E-state index contributed by atoms with van der Waals surface area (Å²) < 4.78 is 11.1. The van der Waals surface area contributed by atoms with E-state index in [-0.39, 0.29) is 11.7 Å². The van der Waals surface area contributed by atoms with Gasteiger partial charge in [0.25, 0.3) is 0 Å². The lowest BCUT2D eigenvalue weighted by atomic mass is 9.81. The summed E-state index contributed by atoms with van der Waals surface area (Å²) in [5.74, 6) is 0.0500. The Morgan fingerprint density at radius 1 is 1.28 bits per heavy atom. The number of anilines is 1. The molecule has 2 aromatic rings. The van der Waals surface area contributed by atoms with Crippen LogP contribution < -0.4 is 5.32 Å². The van der Waals surface area contributed by atoms with Crippen molar-refractivity contribution < 1.29 is 14.3 Å². The summed E-state index contributed by atoms with van der Waals surface area (Å²) in [6.07, 6.45) is 4.72. The molecule has 6 heteroatoms. The number of hydrogen-bond acceptors (Lipinski definition) is 6. The van der Waals surface area contributed by atoms with Crippen molar-refractivity contribution in [2.45, 2.75) is 44.8 Å². The zero-order valence-corrected chi connectivity index (χ0v) is 14.4. The molecule has 1 aliphatic carbocycles. The van der Waals surface area contributed by atoms with E-state index in [4.69, 9.17) is 9.47 Å². The summed E-state index contributed by atoms with van der Waals surface area (Å²) in [7, 11) is 0. The Balaban J connectivity index is 1.73. The van der Waals surface area contributed by atoms with Crippen LogP contribution in [-0.2, 0) is 9.47 Å². The molecule has 4 rings (SSSR count). The highest BCUT2D eigenvalue weighted by molar-refractivity contribution is 6.03. The molecule has 0 amide bonds. The number of ether oxygens (including phenoxy) is 2. The Bertz CT molecular complexity index is 780. The topological polar surface area (TPSA) is 73.3 Å². The zero-order chi connectivity index (χ0) is 17.2. The molecule has 2 aliphatic rings. The quantitative estimate of drug-likeness (QED) is 0.861. The van der Waals surface area contributed by atoms with Gasteiger partial charge in [-0.15, -0.1) is 10.2 Å². The first-order valence-corrected chi connectivity index (χ1v) is 9.08. The van der Waals surface area contributed by atoms with E-state index in [0.717, 1.165) is 48.9 Å². The average Bonchev–Trinajstić information content (AvgIpc) is 3.12. The van der Waals surface area contributed by atoms with Gasteiger partial charge in [-0.25, -0.2) is 4.79 Å². The van der Waals surface area contributed by atoms with Crippen LogP contribution in [0.1, 0.15) is 43.1 Å². The van der Waals surface area contributed by atoms with Crippen molar-refractivity contribution in [3.05, 3.63) is 30.0 Å². The fourth-order valence-corrected chi connectivity index (χ4v) is 4.08. The van der Waals surface area contributed by atoms with Gasteiger partial charge in [0.05, 0.1) is 23.9 Å². The second-order valence-electron chi connectivity index (χ2n) is 6.70. The van der Waals surface area contributed by atoms with Crippen LogP contribution in [0.25, 0.3) is 10.9 Å². The first-order valence-electron chi connectivity index (χ1n) is 9.08. The van der Waals surface area contributed by atoms with Crippen LogP contribution in [0.3, 0.4) is 0 Å². The van der Waals surface area contributed by atoms with Gasteiger partial charge in [0.15, 0.2) is 5.69 Å². The smallest absolute Gasteiger partial charge is 0.361 e. The molecule has 1 saturated carbocycles. The van der Waals surface area contributed by atoms with Crippen molar-refractivity contribution in [3.63, 3.8) is 0 Å². The highest BCUT2D eigenvalue weighted by Crippen LogP contribution is 2.37. The molecular weight excluding hydrogens is 318 g/mol. The summed E-state index contributed by atoms with van der Waals surface area (Å²) >= 11 is 0. The maximum Gasteiger partial charge on any atom is 0.361 e. The molecule has 2 fully saturated rings. The lowest BCUT2D eigenvalue weighted by Crippen LogP contribution is -2.38. The van der Waals surface area contributed by atoms with Gasteiger partial charge in [-0.3, -0.25) is 0 Å². The van der Waals surface area contributed by atoms with Crippen LogP contribution in [0.2, 0.25) is 0 Å². The normalized spacial score (nSPS) is 25.6. The maximum atomic E-state index is 12.4. The van der Waals surface area contributed by atoms with Crippen LogP contribution in [0.5, 0.6) is 0 Å². The minimum absolute atomic E-state index is 0.265. The predicted molar refractivity (Wildman–Crippen MR) is 94.6 cm³/mol. The van der Waals surface area contributed by atoms with Crippen LogP contribution in [0, 0.1) is 5.92 Å². The van der Waals surface area contributed by atoms with E-state index in [1.54, 1.807) is 6.92 Å². The van der Waals surface area contributed by atoms with E-state index in [0.29, 0.717) is 18.6 Å². The molecule has 1 aromatic heterocycles. The Kier molecular flexibility index (Phi) is 4.53. The third-order valence-corrected chi connectivity index (χ3v) is 5.25. The summed E-state index contributed by atoms with van der Waals surface area (Å²) in [6.45, 7) is 2.93. The van der Waals surface area contributed by atoms with Gasteiger partial charge in [0, 0.05) is 24.0 Å². The minimum atomic E-state index is -0.432. The standard InChI is InChI=1S/C19H23N3O3/c1-2-24-19(23)18-17(13-6-3-4-7-15(13)21-22-18)20-14-8-5-9-16-12(14)10-11-25-16/h3-4,6-7,12,14,16H,2,5,8-11H2,1H3,(H,20,21). The summed E-state index contributed by atoms with van der Waals surface area (Å²) in [4.78, 5) is 12.4. The number of carbonyl (C=O) groups excluding carboxylic acids is 1. The van der Waals surface area contributed by atoms with Crippen LogP contribution in [0.4, 0.5) is 5.69 Å². The van der Waals surface area contributed by atoms with Crippen molar-refractivity contribution in [1.29, 1.82) is 0 Å². The van der Waals surface area contributed by atoms with Crippen LogP contribution in [-0.4, -0.2) is 41.5 Å². The van der Waals surface area contributed by atoms with E-state index < -0.39 is 5.97 Å². The number of hydrogen-bond donors (Lipinski definition) is 1. The van der Waals surface area contributed by atoms with E-state index in [1.807, 2.05) is 24.3 Å². The highest BCUT2D eigenvalue weighted by atomic mass is 16.5. The molecule has 3 unspecified atom stereocenters. The third-order valence-electron chi connectivity index (χ3n) is 5.25. The van der Waals surface area contributed by atoms with Crippen molar-refractivity contribution in [3.8, 4) is 0 Å². The summed E-state index contributed by atoms with van der Waals surface area (Å²) in [6, 6.07) is 8.03. The Morgan fingerprint density at radius 2 is 2.16 bits per heavy atom. The van der Waals surface area contributed by atoms with Gasteiger partial charge in [-0.2, -0.15) is 0 Å². The summed E-state index contributed by atoms with van der Waals surface area (Å²) in [5.41, 5.74) is 1.77. The van der Waals surface area contributed by atoms with Crippen LogP contribution >= 0.6 is 0 Å². The number of benzene rings is 1. The van der Waals surface area contributed by atoms with E-state index >= 15 is 0 Å². The fourth-order valence-electron chi connectivity index (χ4n) is 4.08. The van der Waals surface area contributed by atoms with Gasteiger partial charge in [0.2, 0.25) is 0 Å². The number of rotatable bonds is 4. The molecule has 1 aliphatic heterocycles. The molecule has 132 valence electrons. The zero-order valence-electron chi connectivity index (χ0n) is 14.4. The Hall–Kier alpha value is -2.21. The second kappa shape index (κ2) is 6.96. The van der Waals surface area contributed by atoms with Gasteiger partial charge in [0.1, 0.15) is 0 Å². The third kappa shape index (κ3) is 3.06. The van der Waals surface area contributed by atoms with Gasteiger partial charge in [-0.1, -0.05) is 18.2 Å². The largest absolute Gasteiger partial charge is 0.461 e. The van der Waals surface area contributed by atoms with Crippen molar-refractivity contribution in [2.24, 2.45) is 5.92 Å². The molecule has 0 radical (unpaired) electrons. The minimum Gasteiger partial charge on any atom is -0.461 e. The Labute approximate surface area is 146 Å². The first kappa shape index (κ1) is 16.3. The molecule has 3 atom stereocenters. The van der Waals surface area contributed by atoms with Gasteiger partial charge >= 0.3 is 5.97 Å². The predicted octanol–water partition coefficient (Wildman–Crippen LogP) is 3.18. The fraction of sp³-hybridized carbons (Fsp3) is 0.526. The van der Waals surface area contributed by atoms with Gasteiger partial charge < -0.3 is 14.8 Å². The first-order chi connectivity index (χ1) is 12.3. The molecule has 1 saturated heterocycles. The molecule has 0 spiro atoms. The molecule has 6 nitrogen and oxygen atoms in total. The van der Waals surface area contributed by atoms with Crippen molar-refractivity contribution in [1.82, 2.24) is 10.2 Å². The molecule has 2 heterocycles. The van der Waals surface area contributed by atoms with Gasteiger partial charge in [-0.05, 0) is 38.7 Å². The molecule has 1 N–H and O–H groups in total. The van der Waals surface area contributed by atoms with E-state index in [9.17, 15) is 4.79 Å². The van der Waals surface area contributed by atoms with Crippen molar-refractivity contribution >= 4 is 22.6 Å². The SMILES string of the molecule is CCOC(=O)c1nnc2ccccc2c1NC1CCCC2OCCC12. The number of esters is 1.